The molecule has 0 bridgehead atoms. The number of aliphatic carboxylic acids is 1. The molecule has 0 spiro atoms. The predicted molar refractivity (Wildman–Crippen MR) is 64.2 cm³/mol. The maximum atomic E-state index is 13.4. The lowest BCUT2D eigenvalue weighted by molar-refractivity contribution is -0.140. The summed E-state index contributed by atoms with van der Waals surface area (Å²) < 4.78 is 13.4. The van der Waals surface area contributed by atoms with Gasteiger partial charge in [-0.2, -0.15) is 0 Å². The molecule has 94 valence electrons. The van der Waals surface area contributed by atoms with E-state index in [1.54, 1.807) is 12.1 Å². The molecule has 0 heterocycles. The molecule has 0 amide bonds. The second-order valence-corrected chi connectivity index (χ2v) is 4.54. The summed E-state index contributed by atoms with van der Waals surface area (Å²) >= 11 is 0. The van der Waals surface area contributed by atoms with Crippen LogP contribution < -0.4 is 5.32 Å². The molecule has 0 aromatic heterocycles. The molecule has 1 aromatic rings. The summed E-state index contributed by atoms with van der Waals surface area (Å²) in [5, 5.41) is 11.9. The highest BCUT2D eigenvalue weighted by Crippen LogP contribution is 2.11. The van der Waals surface area contributed by atoms with Crippen LogP contribution in [-0.4, -0.2) is 17.1 Å². The second-order valence-electron chi connectivity index (χ2n) is 4.54. The Morgan fingerprint density at radius 2 is 2.12 bits per heavy atom. The van der Waals surface area contributed by atoms with Gasteiger partial charge in [-0.1, -0.05) is 31.5 Å². The molecule has 0 unspecified atom stereocenters. The molecule has 0 aliphatic carbocycles. The molecule has 0 aliphatic heterocycles. The Morgan fingerprint density at radius 1 is 1.47 bits per heavy atom. The van der Waals surface area contributed by atoms with E-state index in [0.717, 1.165) is 5.56 Å². The monoisotopic (exact) mass is 239 g/mol. The zero-order chi connectivity index (χ0) is 13.0. The van der Waals surface area contributed by atoms with Gasteiger partial charge in [0.05, 0.1) is 0 Å². The zero-order valence-electron chi connectivity index (χ0n) is 10.3. The fourth-order valence-electron chi connectivity index (χ4n) is 1.67. The van der Waals surface area contributed by atoms with Gasteiger partial charge in [-0.3, -0.25) is 10.1 Å². The Balaban J connectivity index is 2.72. The van der Waals surface area contributed by atoms with E-state index in [1.807, 2.05) is 20.8 Å². The van der Waals surface area contributed by atoms with Crippen molar-refractivity contribution >= 4 is 5.97 Å². The number of carboxylic acids is 1. The lowest BCUT2D eigenvalue weighted by atomic mass is 10.0. The Bertz CT molecular complexity index is 404. The molecule has 0 radical (unpaired) electrons. The smallest absolute Gasteiger partial charge is 0.320 e. The molecule has 4 heteroatoms. The minimum atomic E-state index is -0.909. The average molecular weight is 239 g/mol. The van der Waals surface area contributed by atoms with Gasteiger partial charge in [0, 0.05) is 12.1 Å². The van der Waals surface area contributed by atoms with Crippen molar-refractivity contribution in [1.82, 2.24) is 5.32 Å². The Hall–Kier alpha value is -1.42. The van der Waals surface area contributed by atoms with Crippen LogP contribution in [0.2, 0.25) is 0 Å². The zero-order valence-corrected chi connectivity index (χ0v) is 10.3. The van der Waals surface area contributed by atoms with E-state index in [0.29, 0.717) is 5.56 Å². The number of hydrogen-bond acceptors (Lipinski definition) is 2. The topological polar surface area (TPSA) is 49.3 Å². The number of benzene rings is 1. The molecule has 0 saturated heterocycles. The van der Waals surface area contributed by atoms with Crippen molar-refractivity contribution in [2.24, 2.45) is 5.92 Å². The SMILES string of the molecule is Cc1ccc(F)c(CN[C@@H](C(=O)O)C(C)C)c1. The molecule has 1 atom stereocenters. The van der Waals surface area contributed by atoms with Crippen LogP contribution in [0, 0.1) is 18.7 Å². The maximum absolute atomic E-state index is 13.4. The predicted octanol–water partition coefficient (Wildman–Crippen LogP) is 2.33. The van der Waals surface area contributed by atoms with Crippen LogP contribution in [0.5, 0.6) is 0 Å². The van der Waals surface area contributed by atoms with Crippen molar-refractivity contribution in [3.05, 3.63) is 35.1 Å². The van der Waals surface area contributed by atoms with Crippen LogP contribution >= 0.6 is 0 Å². The largest absolute Gasteiger partial charge is 0.480 e. The number of aryl methyl sites for hydroxylation is 1. The normalized spacial score (nSPS) is 12.8. The molecule has 1 rings (SSSR count). The van der Waals surface area contributed by atoms with Crippen LogP contribution in [0.3, 0.4) is 0 Å². The number of carbonyl (C=O) groups is 1. The van der Waals surface area contributed by atoms with Crippen LogP contribution in [0.4, 0.5) is 4.39 Å². The van der Waals surface area contributed by atoms with Gasteiger partial charge in [0.15, 0.2) is 0 Å². The van der Waals surface area contributed by atoms with Gasteiger partial charge < -0.3 is 5.11 Å². The van der Waals surface area contributed by atoms with E-state index >= 15 is 0 Å². The summed E-state index contributed by atoms with van der Waals surface area (Å²) in [5.41, 5.74) is 1.46. The Kier molecular flexibility index (Phi) is 4.63. The summed E-state index contributed by atoms with van der Waals surface area (Å²) in [4.78, 5) is 11.0. The van der Waals surface area contributed by atoms with Gasteiger partial charge in [0.2, 0.25) is 0 Å². The average Bonchev–Trinajstić information content (AvgIpc) is 2.22. The van der Waals surface area contributed by atoms with E-state index in [-0.39, 0.29) is 18.3 Å². The first-order valence-corrected chi connectivity index (χ1v) is 5.63. The van der Waals surface area contributed by atoms with Crippen molar-refractivity contribution in [2.45, 2.75) is 33.4 Å². The lowest BCUT2D eigenvalue weighted by Crippen LogP contribution is -2.40. The molecule has 1 aromatic carbocycles. The number of hydrogen-bond donors (Lipinski definition) is 2. The highest BCUT2D eigenvalue weighted by molar-refractivity contribution is 5.73. The number of carboxylic acid groups (broad SMARTS) is 1. The van der Waals surface area contributed by atoms with Crippen LogP contribution in [0.1, 0.15) is 25.0 Å². The first-order chi connectivity index (χ1) is 7.91. The molecular formula is C13H18FNO2. The number of halogens is 1. The standard InChI is InChI=1S/C13H18FNO2/c1-8(2)12(13(16)17)15-7-10-6-9(3)4-5-11(10)14/h4-6,8,12,15H,7H2,1-3H3,(H,16,17)/t12-/m1/s1. The summed E-state index contributed by atoms with van der Waals surface area (Å²) in [6.07, 6.45) is 0. The van der Waals surface area contributed by atoms with Gasteiger partial charge in [-0.05, 0) is 18.9 Å². The Labute approximate surface area is 101 Å². The minimum Gasteiger partial charge on any atom is -0.480 e. The van der Waals surface area contributed by atoms with Crippen molar-refractivity contribution in [1.29, 1.82) is 0 Å². The highest BCUT2D eigenvalue weighted by atomic mass is 19.1. The van der Waals surface area contributed by atoms with Gasteiger partial charge >= 0.3 is 5.97 Å². The summed E-state index contributed by atoms with van der Waals surface area (Å²) in [7, 11) is 0. The molecule has 0 saturated carbocycles. The third-order valence-corrected chi connectivity index (χ3v) is 2.65. The molecule has 17 heavy (non-hydrogen) atoms. The molecule has 3 nitrogen and oxygen atoms in total. The van der Waals surface area contributed by atoms with Crippen LogP contribution in [-0.2, 0) is 11.3 Å². The second kappa shape index (κ2) is 5.77. The van der Waals surface area contributed by atoms with Crippen molar-refractivity contribution in [3.63, 3.8) is 0 Å². The summed E-state index contributed by atoms with van der Waals surface area (Å²) in [6, 6.07) is 4.16. The fraction of sp³-hybridized carbons (Fsp3) is 0.462. The number of rotatable bonds is 5. The molecule has 2 N–H and O–H groups in total. The van der Waals surface area contributed by atoms with Crippen LogP contribution in [0.15, 0.2) is 18.2 Å². The molecular weight excluding hydrogens is 221 g/mol. The van der Waals surface area contributed by atoms with Crippen molar-refractivity contribution in [3.8, 4) is 0 Å². The van der Waals surface area contributed by atoms with Gasteiger partial charge in [-0.15, -0.1) is 0 Å². The first kappa shape index (κ1) is 13.6. The third-order valence-electron chi connectivity index (χ3n) is 2.65. The van der Waals surface area contributed by atoms with Gasteiger partial charge in [0.25, 0.3) is 0 Å². The molecule has 0 fully saturated rings. The maximum Gasteiger partial charge on any atom is 0.320 e. The minimum absolute atomic E-state index is 0.0413. The summed E-state index contributed by atoms with van der Waals surface area (Å²) in [6.45, 7) is 5.74. The first-order valence-electron chi connectivity index (χ1n) is 5.63. The van der Waals surface area contributed by atoms with E-state index in [4.69, 9.17) is 5.11 Å². The number of nitrogens with one attached hydrogen (secondary N) is 1. The lowest BCUT2D eigenvalue weighted by Gasteiger charge is -2.18. The van der Waals surface area contributed by atoms with Crippen molar-refractivity contribution < 1.29 is 14.3 Å². The van der Waals surface area contributed by atoms with E-state index in [9.17, 15) is 9.18 Å². The van der Waals surface area contributed by atoms with E-state index in [2.05, 4.69) is 5.32 Å². The van der Waals surface area contributed by atoms with Crippen molar-refractivity contribution in [2.75, 3.05) is 0 Å². The van der Waals surface area contributed by atoms with Crippen LogP contribution in [0.25, 0.3) is 0 Å². The molecule has 0 aliphatic rings. The quantitative estimate of drug-likeness (QED) is 0.829. The third kappa shape index (κ3) is 3.82. The van der Waals surface area contributed by atoms with E-state index in [1.165, 1.54) is 6.07 Å². The van der Waals surface area contributed by atoms with Gasteiger partial charge in [0.1, 0.15) is 11.9 Å². The fourth-order valence-corrected chi connectivity index (χ4v) is 1.67. The summed E-state index contributed by atoms with van der Waals surface area (Å²) in [5.74, 6) is -1.26. The highest BCUT2D eigenvalue weighted by Gasteiger charge is 2.20. The van der Waals surface area contributed by atoms with E-state index < -0.39 is 12.0 Å². The van der Waals surface area contributed by atoms with Gasteiger partial charge in [-0.25, -0.2) is 4.39 Å². The Morgan fingerprint density at radius 3 is 2.65 bits per heavy atom.